The third-order valence-corrected chi connectivity index (χ3v) is 5.96. The van der Waals surface area contributed by atoms with Crippen molar-refractivity contribution in [2.24, 2.45) is 5.92 Å². The number of hydrogen-bond donors (Lipinski definition) is 1. The highest BCUT2D eigenvalue weighted by Crippen LogP contribution is 2.25. The average Bonchev–Trinajstić information content (AvgIpc) is 2.60. The Hall–Kier alpha value is -1.60. The van der Waals surface area contributed by atoms with Crippen LogP contribution in [0.2, 0.25) is 0 Å². The van der Waals surface area contributed by atoms with Crippen molar-refractivity contribution < 1.29 is 17.9 Å². The number of rotatable bonds is 7. The van der Waals surface area contributed by atoms with Gasteiger partial charge in [0.05, 0.1) is 17.4 Å². The van der Waals surface area contributed by atoms with Gasteiger partial charge in [-0.05, 0) is 50.5 Å². The molecule has 0 radical (unpaired) electrons. The van der Waals surface area contributed by atoms with Gasteiger partial charge >= 0.3 is 0 Å². The highest BCUT2D eigenvalue weighted by molar-refractivity contribution is 7.89. The molecular weight excluding hydrogens is 328 g/mol. The molecule has 0 bridgehead atoms. The minimum atomic E-state index is -3.58. The highest BCUT2D eigenvalue weighted by atomic mass is 32.2. The predicted molar refractivity (Wildman–Crippen MR) is 92.4 cm³/mol. The van der Waals surface area contributed by atoms with E-state index in [2.05, 4.69) is 5.32 Å². The third-order valence-electron chi connectivity index (χ3n) is 4.08. The lowest BCUT2D eigenvalue weighted by Gasteiger charge is -2.31. The molecule has 134 valence electrons. The molecule has 0 aromatic heterocycles. The molecule has 0 spiro atoms. The second-order valence-corrected chi connectivity index (χ2v) is 7.84. The van der Waals surface area contributed by atoms with E-state index in [4.69, 9.17) is 4.74 Å². The maximum atomic E-state index is 12.8. The molecule has 1 aliphatic rings. The Kier molecular flexibility index (Phi) is 6.62. The number of carbonyl (C=O) groups is 1. The van der Waals surface area contributed by atoms with Gasteiger partial charge in [-0.15, -0.1) is 0 Å². The summed E-state index contributed by atoms with van der Waals surface area (Å²) in [5.74, 6) is 0.318. The van der Waals surface area contributed by atoms with E-state index in [-0.39, 0.29) is 23.3 Å². The molecule has 2 rings (SSSR count). The van der Waals surface area contributed by atoms with Gasteiger partial charge in [-0.25, -0.2) is 8.42 Å². The van der Waals surface area contributed by atoms with Crippen LogP contribution in [0.1, 0.15) is 33.1 Å². The van der Waals surface area contributed by atoms with Crippen LogP contribution in [0, 0.1) is 5.92 Å². The molecule has 1 aromatic carbocycles. The highest BCUT2D eigenvalue weighted by Gasteiger charge is 2.33. The van der Waals surface area contributed by atoms with E-state index < -0.39 is 10.0 Å². The second-order valence-electron chi connectivity index (χ2n) is 5.90. The van der Waals surface area contributed by atoms with E-state index in [1.165, 1.54) is 4.31 Å². The van der Waals surface area contributed by atoms with Crippen LogP contribution in [0.15, 0.2) is 29.2 Å². The van der Waals surface area contributed by atoms with Crippen LogP contribution in [0.5, 0.6) is 5.75 Å². The fourth-order valence-corrected chi connectivity index (χ4v) is 4.31. The Morgan fingerprint density at radius 3 is 2.62 bits per heavy atom. The number of hydrogen-bond acceptors (Lipinski definition) is 4. The molecule has 7 heteroatoms. The summed E-state index contributed by atoms with van der Waals surface area (Å²) >= 11 is 0. The molecule has 0 aliphatic carbocycles. The van der Waals surface area contributed by atoms with E-state index >= 15 is 0 Å². The molecule has 1 atom stereocenters. The number of nitrogens with zero attached hydrogens (tertiary/aromatic N) is 1. The third kappa shape index (κ3) is 4.48. The van der Waals surface area contributed by atoms with E-state index in [0.29, 0.717) is 31.9 Å². The van der Waals surface area contributed by atoms with Crippen LogP contribution >= 0.6 is 0 Å². The molecule has 1 N–H and O–H groups in total. The van der Waals surface area contributed by atoms with Gasteiger partial charge in [0.2, 0.25) is 15.9 Å². The predicted octanol–water partition coefficient (Wildman–Crippen LogP) is 2.01. The maximum Gasteiger partial charge on any atom is 0.243 e. The molecule has 1 heterocycles. The first-order chi connectivity index (χ1) is 11.5. The zero-order valence-corrected chi connectivity index (χ0v) is 15.1. The van der Waals surface area contributed by atoms with Gasteiger partial charge in [0.25, 0.3) is 0 Å². The summed E-state index contributed by atoms with van der Waals surface area (Å²) in [6.07, 6.45) is 2.29. The number of carbonyl (C=O) groups excluding carboxylic acids is 1. The zero-order chi connectivity index (χ0) is 17.6. The second kappa shape index (κ2) is 8.48. The van der Waals surface area contributed by atoms with Crippen molar-refractivity contribution >= 4 is 15.9 Å². The molecule has 1 fully saturated rings. The van der Waals surface area contributed by atoms with Crippen molar-refractivity contribution in [2.45, 2.75) is 38.0 Å². The molecule has 0 saturated carbocycles. The number of nitrogens with one attached hydrogen (secondary N) is 1. The first kappa shape index (κ1) is 18.7. The minimum Gasteiger partial charge on any atom is -0.494 e. The van der Waals surface area contributed by atoms with Gasteiger partial charge in [-0.2, -0.15) is 4.31 Å². The van der Waals surface area contributed by atoms with Crippen molar-refractivity contribution in [3.63, 3.8) is 0 Å². The normalized spacial score (nSPS) is 19.0. The lowest BCUT2D eigenvalue weighted by atomic mass is 9.99. The molecule has 1 saturated heterocycles. The maximum absolute atomic E-state index is 12.8. The smallest absolute Gasteiger partial charge is 0.243 e. The van der Waals surface area contributed by atoms with Crippen LogP contribution in [-0.4, -0.2) is 44.9 Å². The summed E-state index contributed by atoms with van der Waals surface area (Å²) in [6, 6.07) is 6.43. The van der Waals surface area contributed by atoms with Crippen molar-refractivity contribution in [3.05, 3.63) is 24.3 Å². The quantitative estimate of drug-likeness (QED) is 0.813. The molecule has 1 amide bonds. The molecule has 1 aromatic rings. The van der Waals surface area contributed by atoms with E-state index in [1.54, 1.807) is 24.3 Å². The van der Waals surface area contributed by atoms with Crippen LogP contribution < -0.4 is 10.1 Å². The van der Waals surface area contributed by atoms with Gasteiger partial charge < -0.3 is 10.1 Å². The van der Waals surface area contributed by atoms with Crippen molar-refractivity contribution in [3.8, 4) is 5.75 Å². The van der Waals surface area contributed by atoms with Crippen LogP contribution in [0.25, 0.3) is 0 Å². The number of sulfonamides is 1. The Balaban J connectivity index is 2.09. The molecule has 0 unspecified atom stereocenters. The number of ether oxygens (including phenoxy) is 1. The van der Waals surface area contributed by atoms with Crippen LogP contribution in [0.4, 0.5) is 0 Å². The summed E-state index contributed by atoms with van der Waals surface area (Å²) in [4.78, 5) is 12.4. The standard InChI is InChI=1S/C17H26N2O4S/c1-3-11-18-17(20)14-6-5-12-19(13-14)24(21,22)16-9-7-15(8-10-16)23-4-2/h7-10,14H,3-6,11-13H2,1-2H3,(H,18,20)/t14-/m1/s1. The van der Waals surface area contributed by atoms with E-state index in [1.807, 2.05) is 13.8 Å². The van der Waals surface area contributed by atoms with Crippen molar-refractivity contribution in [1.29, 1.82) is 0 Å². The fourth-order valence-electron chi connectivity index (χ4n) is 2.79. The Morgan fingerprint density at radius 2 is 2.00 bits per heavy atom. The Labute approximate surface area is 144 Å². The van der Waals surface area contributed by atoms with Gasteiger partial charge in [-0.3, -0.25) is 4.79 Å². The molecular formula is C17H26N2O4S. The van der Waals surface area contributed by atoms with Crippen LogP contribution in [-0.2, 0) is 14.8 Å². The summed E-state index contributed by atoms with van der Waals surface area (Å²) in [5.41, 5.74) is 0. The van der Waals surface area contributed by atoms with E-state index in [9.17, 15) is 13.2 Å². The fraction of sp³-hybridized carbons (Fsp3) is 0.588. The van der Waals surface area contributed by atoms with E-state index in [0.717, 1.165) is 12.8 Å². The van der Waals surface area contributed by atoms with Gasteiger partial charge in [0.1, 0.15) is 5.75 Å². The summed E-state index contributed by atoms with van der Waals surface area (Å²) in [7, 11) is -3.58. The largest absolute Gasteiger partial charge is 0.494 e. The molecule has 6 nitrogen and oxygen atoms in total. The summed E-state index contributed by atoms with van der Waals surface area (Å²) < 4.78 is 32.3. The molecule has 24 heavy (non-hydrogen) atoms. The molecule has 1 aliphatic heterocycles. The van der Waals surface area contributed by atoms with Gasteiger partial charge in [0.15, 0.2) is 0 Å². The van der Waals surface area contributed by atoms with Crippen LogP contribution in [0.3, 0.4) is 0 Å². The minimum absolute atomic E-state index is 0.0524. The first-order valence-electron chi connectivity index (χ1n) is 8.49. The number of benzene rings is 1. The lowest BCUT2D eigenvalue weighted by Crippen LogP contribution is -2.45. The summed E-state index contributed by atoms with van der Waals surface area (Å²) in [5, 5.41) is 2.86. The average molecular weight is 354 g/mol. The summed E-state index contributed by atoms with van der Waals surface area (Å²) in [6.45, 7) is 5.72. The monoisotopic (exact) mass is 354 g/mol. The van der Waals surface area contributed by atoms with Gasteiger partial charge in [0, 0.05) is 19.6 Å². The first-order valence-corrected chi connectivity index (χ1v) is 9.93. The zero-order valence-electron chi connectivity index (χ0n) is 14.3. The Bertz CT molecular complexity index is 643. The topological polar surface area (TPSA) is 75.7 Å². The lowest BCUT2D eigenvalue weighted by molar-refractivity contribution is -0.126. The van der Waals surface area contributed by atoms with Gasteiger partial charge in [-0.1, -0.05) is 6.92 Å². The number of piperidine rings is 1. The number of amides is 1. The van der Waals surface area contributed by atoms with Crippen molar-refractivity contribution in [1.82, 2.24) is 9.62 Å². The Morgan fingerprint density at radius 1 is 1.29 bits per heavy atom. The van der Waals surface area contributed by atoms with Crippen molar-refractivity contribution in [2.75, 3.05) is 26.2 Å². The SMILES string of the molecule is CCCNC(=O)[C@@H]1CCCN(S(=O)(=O)c2ccc(OCC)cc2)C1.